The first kappa shape index (κ1) is 14.4. The SMILES string of the molecule is N=Cc1c(NC2CCOC2)nc(Cc2ccccn2)[nH]c1=O. The van der Waals surface area contributed by atoms with E-state index in [1.54, 1.807) is 6.20 Å². The van der Waals surface area contributed by atoms with E-state index >= 15 is 0 Å². The van der Waals surface area contributed by atoms with Gasteiger partial charge in [-0.15, -0.1) is 0 Å². The van der Waals surface area contributed by atoms with E-state index in [1.165, 1.54) is 0 Å². The third-order valence-electron chi connectivity index (χ3n) is 3.49. The molecule has 1 saturated heterocycles. The number of ether oxygens (including phenoxy) is 1. The van der Waals surface area contributed by atoms with E-state index in [0.29, 0.717) is 31.3 Å². The molecule has 22 heavy (non-hydrogen) atoms. The molecular formula is C15H17N5O2. The van der Waals surface area contributed by atoms with Crippen molar-refractivity contribution in [3.05, 3.63) is 51.8 Å². The zero-order valence-electron chi connectivity index (χ0n) is 12.0. The number of anilines is 1. The molecule has 7 nitrogen and oxygen atoms in total. The maximum atomic E-state index is 12.1. The summed E-state index contributed by atoms with van der Waals surface area (Å²) in [6.45, 7) is 1.28. The Morgan fingerprint density at radius 3 is 3.09 bits per heavy atom. The van der Waals surface area contributed by atoms with Gasteiger partial charge in [0.25, 0.3) is 5.56 Å². The molecule has 2 aromatic rings. The molecule has 0 spiro atoms. The lowest BCUT2D eigenvalue weighted by molar-refractivity contribution is 0.195. The van der Waals surface area contributed by atoms with Gasteiger partial charge in [0.1, 0.15) is 11.6 Å². The molecule has 7 heteroatoms. The molecule has 2 aromatic heterocycles. The number of aromatic amines is 1. The van der Waals surface area contributed by atoms with Crippen molar-refractivity contribution in [2.75, 3.05) is 18.5 Å². The fourth-order valence-corrected chi connectivity index (χ4v) is 2.37. The van der Waals surface area contributed by atoms with Gasteiger partial charge in [-0.2, -0.15) is 0 Å². The average Bonchev–Trinajstić information content (AvgIpc) is 3.01. The fraction of sp³-hybridized carbons (Fsp3) is 0.333. The second kappa shape index (κ2) is 6.48. The highest BCUT2D eigenvalue weighted by molar-refractivity contribution is 5.83. The molecule has 1 aliphatic rings. The number of nitrogens with one attached hydrogen (secondary N) is 3. The maximum absolute atomic E-state index is 12.1. The number of hydrogen-bond donors (Lipinski definition) is 3. The van der Waals surface area contributed by atoms with Gasteiger partial charge in [-0.25, -0.2) is 4.98 Å². The minimum Gasteiger partial charge on any atom is -0.379 e. The van der Waals surface area contributed by atoms with Crippen LogP contribution in [-0.2, 0) is 11.2 Å². The molecule has 1 fully saturated rings. The van der Waals surface area contributed by atoms with Crippen molar-refractivity contribution in [2.24, 2.45) is 0 Å². The normalized spacial score (nSPS) is 17.4. The molecule has 3 N–H and O–H groups in total. The minimum absolute atomic E-state index is 0.121. The van der Waals surface area contributed by atoms with E-state index in [2.05, 4.69) is 20.3 Å². The largest absolute Gasteiger partial charge is 0.379 e. The van der Waals surface area contributed by atoms with Crippen molar-refractivity contribution in [3.63, 3.8) is 0 Å². The zero-order valence-corrected chi connectivity index (χ0v) is 12.0. The summed E-state index contributed by atoms with van der Waals surface area (Å²) < 4.78 is 5.32. The van der Waals surface area contributed by atoms with Crippen molar-refractivity contribution < 1.29 is 4.74 Å². The molecule has 0 aromatic carbocycles. The number of hydrogen-bond acceptors (Lipinski definition) is 6. The second-order valence-corrected chi connectivity index (χ2v) is 5.12. The summed E-state index contributed by atoms with van der Waals surface area (Å²) in [5.74, 6) is 0.955. The number of H-pyrrole nitrogens is 1. The summed E-state index contributed by atoms with van der Waals surface area (Å²) in [6.07, 6.45) is 4.02. The quantitative estimate of drug-likeness (QED) is 0.713. The number of aromatic nitrogens is 3. The molecule has 3 rings (SSSR count). The Hall–Kier alpha value is -2.54. The Kier molecular flexibility index (Phi) is 4.24. The van der Waals surface area contributed by atoms with E-state index in [-0.39, 0.29) is 17.2 Å². The van der Waals surface area contributed by atoms with Crippen LogP contribution in [0.4, 0.5) is 5.82 Å². The monoisotopic (exact) mass is 299 g/mol. The number of nitrogens with zero attached hydrogens (tertiary/aromatic N) is 2. The van der Waals surface area contributed by atoms with Gasteiger partial charge in [0.15, 0.2) is 0 Å². The summed E-state index contributed by atoms with van der Waals surface area (Å²) in [5, 5.41) is 10.6. The molecular weight excluding hydrogens is 282 g/mol. The Morgan fingerprint density at radius 2 is 2.41 bits per heavy atom. The fourth-order valence-electron chi connectivity index (χ4n) is 2.37. The van der Waals surface area contributed by atoms with Gasteiger partial charge < -0.3 is 20.4 Å². The Labute approximate surface area is 127 Å². The van der Waals surface area contributed by atoms with Gasteiger partial charge in [0.05, 0.1) is 18.2 Å². The molecule has 1 aliphatic heterocycles. The number of rotatable bonds is 5. The van der Waals surface area contributed by atoms with Crippen LogP contribution in [0.25, 0.3) is 0 Å². The van der Waals surface area contributed by atoms with Gasteiger partial charge in [-0.05, 0) is 18.6 Å². The van der Waals surface area contributed by atoms with Crippen LogP contribution < -0.4 is 10.9 Å². The average molecular weight is 299 g/mol. The van der Waals surface area contributed by atoms with Crippen LogP contribution in [-0.4, -0.2) is 40.4 Å². The van der Waals surface area contributed by atoms with E-state index < -0.39 is 0 Å². The van der Waals surface area contributed by atoms with E-state index in [1.807, 2.05) is 18.2 Å². The first-order valence-corrected chi connectivity index (χ1v) is 7.14. The molecule has 0 saturated carbocycles. The highest BCUT2D eigenvalue weighted by Crippen LogP contribution is 2.14. The van der Waals surface area contributed by atoms with Crippen molar-refractivity contribution >= 4 is 12.0 Å². The van der Waals surface area contributed by atoms with Crippen LogP contribution in [0, 0.1) is 5.41 Å². The van der Waals surface area contributed by atoms with E-state index in [0.717, 1.165) is 18.3 Å². The summed E-state index contributed by atoms with van der Waals surface area (Å²) in [5.41, 5.74) is 0.734. The molecule has 1 atom stereocenters. The third kappa shape index (κ3) is 3.20. The molecule has 0 radical (unpaired) electrons. The predicted octanol–water partition coefficient (Wildman–Crippen LogP) is 0.954. The lowest BCUT2D eigenvalue weighted by Crippen LogP contribution is -2.26. The molecule has 0 bridgehead atoms. The van der Waals surface area contributed by atoms with Gasteiger partial charge >= 0.3 is 0 Å². The van der Waals surface area contributed by atoms with Gasteiger partial charge in [-0.3, -0.25) is 9.78 Å². The lowest BCUT2D eigenvalue weighted by Gasteiger charge is -2.14. The lowest BCUT2D eigenvalue weighted by atomic mass is 10.2. The van der Waals surface area contributed by atoms with Gasteiger partial charge in [-0.1, -0.05) is 6.07 Å². The molecule has 0 aliphatic carbocycles. The molecule has 114 valence electrons. The van der Waals surface area contributed by atoms with Crippen molar-refractivity contribution in [1.82, 2.24) is 15.0 Å². The Morgan fingerprint density at radius 1 is 1.50 bits per heavy atom. The third-order valence-corrected chi connectivity index (χ3v) is 3.49. The van der Waals surface area contributed by atoms with Crippen LogP contribution in [0.1, 0.15) is 23.5 Å². The van der Waals surface area contributed by atoms with Crippen LogP contribution in [0.15, 0.2) is 29.2 Å². The smallest absolute Gasteiger partial charge is 0.261 e. The first-order chi connectivity index (χ1) is 10.8. The van der Waals surface area contributed by atoms with Crippen LogP contribution >= 0.6 is 0 Å². The standard InChI is InChI=1S/C15H17N5O2/c16-8-12-14(18-11-4-6-22-9-11)19-13(20-15(12)21)7-10-3-1-2-5-17-10/h1-3,5,8,11,16H,4,6-7,9H2,(H2,18,19,20,21). The Bertz CT molecular complexity index is 708. The van der Waals surface area contributed by atoms with Crippen molar-refractivity contribution in [1.29, 1.82) is 5.41 Å². The first-order valence-electron chi connectivity index (χ1n) is 7.14. The topological polar surface area (TPSA) is 104 Å². The maximum Gasteiger partial charge on any atom is 0.261 e. The van der Waals surface area contributed by atoms with E-state index in [9.17, 15) is 4.79 Å². The van der Waals surface area contributed by atoms with Crippen LogP contribution in [0.3, 0.4) is 0 Å². The van der Waals surface area contributed by atoms with Crippen LogP contribution in [0.2, 0.25) is 0 Å². The zero-order chi connectivity index (χ0) is 15.4. The van der Waals surface area contributed by atoms with Crippen LogP contribution in [0.5, 0.6) is 0 Å². The minimum atomic E-state index is -0.322. The molecule has 1 unspecified atom stereocenters. The molecule has 0 amide bonds. The second-order valence-electron chi connectivity index (χ2n) is 5.12. The molecule has 3 heterocycles. The Balaban J connectivity index is 1.89. The van der Waals surface area contributed by atoms with Gasteiger partial charge in [0, 0.05) is 31.1 Å². The predicted molar refractivity (Wildman–Crippen MR) is 82.6 cm³/mol. The van der Waals surface area contributed by atoms with Crippen molar-refractivity contribution in [3.8, 4) is 0 Å². The summed E-state index contributed by atoms with van der Waals surface area (Å²) in [7, 11) is 0. The number of pyridine rings is 1. The highest BCUT2D eigenvalue weighted by atomic mass is 16.5. The summed E-state index contributed by atoms with van der Waals surface area (Å²) in [6, 6.07) is 5.73. The highest BCUT2D eigenvalue weighted by Gasteiger charge is 2.19. The summed E-state index contributed by atoms with van der Waals surface area (Å²) in [4.78, 5) is 23.5. The van der Waals surface area contributed by atoms with Gasteiger partial charge in [0.2, 0.25) is 0 Å². The van der Waals surface area contributed by atoms with Crippen molar-refractivity contribution in [2.45, 2.75) is 18.9 Å². The van der Waals surface area contributed by atoms with E-state index in [4.69, 9.17) is 10.1 Å². The summed E-state index contributed by atoms with van der Waals surface area (Å²) >= 11 is 0.